The lowest BCUT2D eigenvalue weighted by Gasteiger charge is -2.19. The van der Waals surface area contributed by atoms with Gasteiger partial charge in [-0.25, -0.2) is 20.4 Å². The Morgan fingerprint density at radius 3 is 2.00 bits per heavy atom. The van der Waals surface area contributed by atoms with Gasteiger partial charge in [0.05, 0.1) is 6.42 Å². The van der Waals surface area contributed by atoms with Gasteiger partial charge in [0, 0.05) is 0 Å². The number of carboxylic acid groups (broad SMARTS) is 2. The van der Waals surface area contributed by atoms with Crippen LogP contribution in [0.4, 0.5) is 4.79 Å². The Labute approximate surface area is 72.7 Å². The van der Waals surface area contributed by atoms with Crippen LogP contribution in [0.5, 0.6) is 0 Å². The second-order valence-electron chi connectivity index (χ2n) is 2.21. The summed E-state index contributed by atoms with van der Waals surface area (Å²) in [4.78, 5) is 30.9. The van der Waals surface area contributed by atoms with E-state index in [4.69, 9.17) is 21.8 Å². The topological polar surface area (TPSA) is 147 Å². The molecule has 74 valence electrons. The molecule has 0 unspecified atom stereocenters. The quantitative estimate of drug-likeness (QED) is 0.233. The highest BCUT2D eigenvalue weighted by molar-refractivity contribution is 5.85. The summed E-state index contributed by atoms with van der Waals surface area (Å²) in [5, 5.41) is 16.8. The van der Waals surface area contributed by atoms with Crippen LogP contribution in [0.3, 0.4) is 0 Å². The highest BCUT2D eigenvalue weighted by Crippen LogP contribution is 1.99. The van der Waals surface area contributed by atoms with E-state index < -0.39 is 30.4 Å². The molecule has 0 fully saturated rings. The molecule has 0 aliphatic heterocycles. The number of aliphatic carboxylic acids is 1. The number of hydrogen-bond donors (Lipinski definition) is 4. The average molecular weight is 191 g/mol. The third-order valence-electron chi connectivity index (χ3n) is 1.24. The molecule has 13 heavy (non-hydrogen) atoms. The van der Waals surface area contributed by atoms with Crippen molar-refractivity contribution in [3.63, 3.8) is 0 Å². The van der Waals surface area contributed by atoms with E-state index in [-0.39, 0.29) is 5.01 Å². The fourth-order valence-electron chi connectivity index (χ4n) is 0.629. The Balaban J connectivity index is 4.51. The fourth-order valence-corrected chi connectivity index (χ4v) is 0.629. The lowest BCUT2D eigenvalue weighted by atomic mass is 10.2. The summed E-state index contributed by atoms with van der Waals surface area (Å²) < 4.78 is 0. The molecule has 1 atom stereocenters. The molecule has 0 aromatic rings. The minimum atomic E-state index is -1.64. The van der Waals surface area contributed by atoms with Crippen molar-refractivity contribution in [1.82, 2.24) is 5.01 Å². The van der Waals surface area contributed by atoms with Crippen LogP contribution >= 0.6 is 0 Å². The first-order valence-corrected chi connectivity index (χ1v) is 3.14. The summed E-state index contributed by atoms with van der Waals surface area (Å²) in [6, 6.07) is -1.64. The van der Waals surface area contributed by atoms with Gasteiger partial charge in [-0.3, -0.25) is 4.79 Å². The van der Waals surface area contributed by atoms with Crippen LogP contribution in [0.2, 0.25) is 0 Å². The van der Waals surface area contributed by atoms with Gasteiger partial charge in [0.25, 0.3) is 0 Å². The maximum absolute atomic E-state index is 10.4. The summed E-state index contributed by atoms with van der Waals surface area (Å²) in [5.41, 5.74) is 4.69. The molecule has 0 saturated carbocycles. The fraction of sp³-hybridized carbons (Fsp3) is 0.400. The van der Waals surface area contributed by atoms with Gasteiger partial charge in [0.1, 0.15) is 0 Å². The summed E-state index contributed by atoms with van der Waals surface area (Å²) in [6.45, 7) is 0. The van der Waals surface area contributed by atoms with E-state index in [0.29, 0.717) is 0 Å². The van der Waals surface area contributed by atoms with Crippen molar-refractivity contribution in [1.29, 1.82) is 0 Å². The molecule has 0 saturated heterocycles. The highest BCUT2D eigenvalue weighted by Gasteiger charge is 2.28. The third-order valence-corrected chi connectivity index (χ3v) is 1.24. The van der Waals surface area contributed by atoms with Crippen molar-refractivity contribution in [3.05, 3.63) is 0 Å². The molecule has 0 bridgehead atoms. The zero-order valence-electron chi connectivity index (χ0n) is 6.51. The lowest BCUT2D eigenvalue weighted by molar-refractivity contribution is -0.144. The van der Waals surface area contributed by atoms with E-state index in [1.807, 2.05) is 0 Å². The van der Waals surface area contributed by atoms with Crippen molar-refractivity contribution in [2.75, 3.05) is 0 Å². The molecule has 8 nitrogen and oxygen atoms in total. The molecule has 0 spiro atoms. The first-order valence-electron chi connectivity index (χ1n) is 3.14. The Morgan fingerprint density at radius 2 is 1.77 bits per heavy atom. The largest absolute Gasteiger partial charge is 0.480 e. The number of carbonyl (C=O) groups is 3. The molecular weight excluding hydrogens is 182 g/mol. The predicted molar refractivity (Wildman–Crippen MR) is 39.3 cm³/mol. The second-order valence-corrected chi connectivity index (χ2v) is 2.21. The van der Waals surface area contributed by atoms with Crippen LogP contribution in [0, 0.1) is 0 Å². The number of hydrogen-bond acceptors (Lipinski definition) is 4. The van der Waals surface area contributed by atoms with Crippen molar-refractivity contribution in [3.8, 4) is 0 Å². The molecule has 0 radical (unpaired) electrons. The van der Waals surface area contributed by atoms with Crippen molar-refractivity contribution in [2.24, 2.45) is 11.6 Å². The number of nitrogens with zero attached hydrogens (tertiary/aromatic N) is 1. The van der Waals surface area contributed by atoms with Crippen LogP contribution < -0.4 is 11.6 Å². The van der Waals surface area contributed by atoms with E-state index in [0.717, 1.165) is 0 Å². The zero-order valence-corrected chi connectivity index (χ0v) is 6.51. The van der Waals surface area contributed by atoms with Crippen LogP contribution in [-0.4, -0.2) is 39.2 Å². The number of amides is 2. The van der Waals surface area contributed by atoms with Crippen LogP contribution in [-0.2, 0) is 9.59 Å². The number of carbonyl (C=O) groups excluding carboxylic acids is 1. The molecule has 0 aromatic carbocycles. The lowest BCUT2D eigenvalue weighted by Crippen LogP contribution is -2.50. The van der Waals surface area contributed by atoms with E-state index in [2.05, 4.69) is 0 Å². The third kappa shape index (κ3) is 3.38. The van der Waals surface area contributed by atoms with Gasteiger partial charge < -0.3 is 15.9 Å². The van der Waals surface area contributed by atoms with Crippen LogP contribution in [0.15, 0.2) is 0 Å². The normalized spacial score (nSPS) is 11.8. The molecule has 0 aliphatic rings. The minimum absolute atomic E-state index is 0.0209. The van der Waals surface area contributed by atoms with Crippen molar-refractivity contribution >= 4 is 18.0 Å². The Kier molecular flexibility index (Phi) is 3.66. The summed E-state index contributed by atoms with van der Waals surface area (Å²) >= 11 is 0. The number of primary amides is 1. The van der Waals surface area contributed by atoms with Gasteiger partial charge in [-0.2, -0.15) is 0 Å². The van der Waals surface area contributed by atoms with Crippen molar-refractivity contribution < 1.29 is 24.6 Å². The maximum Gasteiger partial charge on any atom is 0.422 e. The molecule has 8 heteroatoms. The summed E-state index contributed by atoms with van der Waals surface area (Å²) in [6.07, 6.45) is -2.30. The van der Waals surface area contributed by atoms with Gasteiger partial charge in [-0.1, -0.05) is 0 Å². The van der Waals surface area contributed by atoms with Crippen LogP contribution in [0.1, 0.15) is 6.42 Å². The van der Waals surface area contributed by atoms with Crippen LogP contribution in [0.25, 0.3) is 0 Å². The van der Waals surface area contributed by atoms with Crippen molar-refractivity contribution in [2.45, 2.75) is 12.5 Å². The molecule has 0 rings (SSSR count). The van der Waals surface area contributed by atoms with Gasteiger partial charge in [-0.15, -0.1) is 0 Å². The highest BCUT2D eigenvalue weighted by atomic mass is 16.4. The molecular formula is C5H9N3O5. The molecule has 6 N–H and O–H groups in total. The van der Waals surface area contributed by atoms with E-state index in [1.165, 1.54) is 0 Å². The molecule has 0 heterocycles. The van der Waals surface area contributed by atoms with E-state index in [9.17, 15) is 14.4 Å². The minimum Gasteiger partial charge on any atom is -0.480 e. The molecule has 0 aliphatic carbocycles. The smallest absolute Gasteiger partial charge is 0.422 e. The summed E-state index contributed by atoms with van der Waals surface area (Å²) in [5.74, 6) is 2.39. The number of hydrazine groups is 1. The summed E-state index contributed by atoms with van der Waals surface area (Å²) in [7, 11) is 0. The molecule has 2 amide bonds. The van der Waals surface area contributed by atoms with Gasteiger partial charge in [0.2, 0.25) is 5.91 Å². The number of rotatable bonds is 4. The maximum atomic E-state index is 10.4. The Bertz CT molecular complexity index is 240. The van der Waals surface area contributed by atoms with Gasteiger partial charge in [-0.05, 0) is 0 Å². The predicted octanol–water partition coefficient (Wildman–Crippen LogP) is -1.83. The zero-order chi connectivity index (χ0) is 10.6. The average Bonchev–Trinajstić information content (AvgIpc) is 1.97. The first-order chi connectivity index (χ1) is 5.86. The Morgan fingerprint density at radius 1 is 1.31 bits per heavy atom. The Hall–Kier alpha value is -1.83. The monoisotopic (exact) mass is 191 g/mol. The van der Waals surface area contributed by atoms with E-state index >= 15 is 0 Å². The first kappa shape index (κ1) is 11.2. The second kappa shape index (κ2) is 4.26. The molecule has 0 aromatic heterocycles. The number of nitrogens with two attached hydrogens (primary N) is 2. The van der Waals surface area contributed by atoms with Gasteiger partial charge >= 0.3 is 12.1 Å². The standard InChI is InChI=1S/C5H9N3O5/c6-3(9)1-2(4(10)11)8(7)5(12)13/h2H,1,7H2,(H2,6,9)(H,10,11)(H,12,13)/t2-/m0/s1. The van der Waals surface area contributed by atoms with E-state index in [1.54, 1.807) is 0 Å². The SMILES string of the molecule is NC(=O)C[C@@H](C(=O)O)N(N)C(=O)O. The number of carboxylic acids is 1. The van der Waals surface area contributed by atoms with Gasteiger partial charge in [0.15, 0.2) is 6.04 Å².